The number of hydrogen-bond acceptors (Lipinski definition) is 4. The first-order valence-electron chi connectivity index (χ1n) is 5.27. The minimum absolute atomic E-state index is 0.0565. The van der Waals surface area contributed by atoms with Gasteiger partial charge in [0.15, 0.2) is 0 Å². The molecule has 1 aromatic carbocycles. The summed E-state index contributed by atoms with van der Waals surface area (Å²) in [6, 6.07) is 9.43. The molecule has 0 aliphatic carbocycles. The molecule has 1 heterocycles. The van der Waals surface area contributed by atoms with Crippen molar-refractivity contribution in [3.63, 3.8) is 0 Å². The van der Waals surface area contributed by atoms with Gasteiger partial charge in [0.2, 0.25) is 0 Å². The zero-order chi connectivity index (χ0) is 12.1. The van der Waals surface area contributed by atoms with Gasteiger partial charge in [0.25, 0.3) is 0 Å². The molecular weight excluding hydrogens is 216 g/mol. The summed E-state index contributed by atoms with van der Waals surface area (Å²) in [5.74, 6) is 0.710. The monoisotopic (exact) mass is 230 g/mol. The average Bonchev–Trinajstić information content (AvgIpc) is 2.40. The Kier molecular flexibility index (Phi) is 3.57. The Balaban J connectivity index is 2.13. The van der Waals surface area contributed by atoms with Gasteiger partial charge < -0.3 is 15.2 Å². The van der Waals surface area contributed by atoms with Crippen LogP contribution >= 0.6 is 0 Å². The highest BCUT2D eigenvalue weighted by Crippen LogP contribution is 2.20. The first-order chi connectivity index (χ1) is 8.31. The molecular formula is C13H14N2O2. The lowest BCUT2D eigenvalue weighted by molar-refractivity contribution is 0.282. The van der Waals surface area contributed by atoms with E-state index in [4.69, 9.17) is 9.84 Å². The molecule has 0 fully saturated rings. The highest BCUT2D eigenvalue weighted by atomic mass is 16.5. The second-order valence-corrected chi connectivity index (χ2v) is 3.59. The Bertz CT molecular complexity index is 483. The number of nitrogens with one attached hydrogen (secondary N) is 1. The summed E-state index contributed by atoms with van der Waals surface area (Å²) in [6.45, 7) is 0.0565. The third-order valence-electron chi connectivity index (χ3n) is 2.37. The van der Waals surface area contributed by atoms with Crippen LogP contribution in [0.2, 0.25) is 0 Å². The van der Waals surface area contributed by atoms with Crippen molar-refractivity contribution in [3.8, 4) is 5.75 Å². The summed E-state index contributed by atoms with van der Waals surface area (Å²) in [5, 5.41) is 12.1. The fourth-order valence-corrected chi connectivity index (χ4v) is 1.46. The maximum absolute atomic E-state index is 8.94. The van der Waals surface area contributed by atoms with Crippen molar-refractivity contribution in [1.29, 1.82) is 0 Å². The second-order valence-electron chi connectivity index (χ2n) is 3.59. The van der Waals surface area contributed by atoms with Crippen LogP contribution in [-0.2, 0) is 6.61 Å². The van der Waals surface area contributed by atoms with Gasteiger partial charge in [0, 0.05) is 11.8 Å². The molecule has 0 saturated heterocycles. The van der Waals surface area contributed by atoms with Crippen LogP contribution in [0, 0.1) is 0 Å². The van der Waals surface area contributed by atoms with Gasteiger partial charge in [0.1, 0.15) is 5.75 Å². The minimum atomic E-state index is 0.0565. The van der Waals surface area contributed by atoms with E-state index in [9.17, 15) is 0 Å². The third-order valence-corrected chi connectivity index (χ3v) is 2.37. The molecule has 0 amide bonds. The van der Waals surface area contributed by atoms with E-state index in [1.807, 2.05) is 30.3 Å². The van der Waals surface area contributed by atoms with Crippen molar-refractivity contribution in [2.24, 2.45) is 0 Å². The van der Waals surface area contributed by atoms with Crippen molar-refractivity contribution in [1.82, 2.24) is 4.98 Å². The predicted molar refractivity (Wildman–Crippen MR) is 66.4 cm³/mol. The third kappa shape index (κ3) is 2.95. The molecule has 1 aromatic heterocycles. The van der Waals surface area contributed by atoms with E-state index in [2.05, 4.69) is 10.3 Å². The standard InChI is InChI=1S/C13H14N2O2/c1-17-13-6-12(7-14-8-13)15-11-4-2-10(9-16)3-5-11/h2-8,15-16H,9H2,1H3. The lowest BCUT2D eigenvalue weighted by atomic mass is 10.2. The summed E-state index contributed by atoms with van der Waals surface area (Å²) in [4.78, 5) is 4.06. The molecule has 2 N–H and O–H groups in total. The lowest BCUT2D eigenvalue weighted by Crippen LogP contribution is -1.93. The van der Waals surface area contributed by atoms with Crippen LogP contribution in [-0.4, -0.2) is 17.2 Å². The van der Waals surface area contributed by atoms with Crippen molar-refractivity contribution in [2.45, 2.75) is 6.61 Å². The number of ether oxygens (including phenoxy) is 1. The fraction of sp³-hybridized carbons (Fsp3) is 0.154. The van der Waals surface area contributed by atoms with Gasteiger partial charge in [-0.15, -0.1) is 0 Å². The molecule has 4 nitrogen and oxygen atoms in total. The van der Waals surface area contributed by atoms with Crippen LogP contribution in [0.15, 0.2) is 42.7 Å². The highest BCUT2D eigenvalue weighted by molar-refractivity contribution is 5.60. The average molecular weight is 230 g/mol. The fourth-order valence-electron chi connectivity index (χ4n) is 1.46. The van der Waals surface area contributed by atoms with Gasteiger partial charge in [-0.3, -0.25) is 4.98 Å². The van der Waals surface area contributed by atoms with E-state index in [1.54, 1.807) is 19.5 Å². The van der Waals surface area contributed by atoms with E-state index in [0.717, 1.165) is 16.9 Å². The van der Waals surface area contributed by atoms with E-state index >= 15 is 0 Å². The Morgan fingerprint density at radius 3 is 2.59 bits per heavy atom. The van der Waals surface area contributed by atoms with Gasteiger partial charge in [-0.2, -0.15) is 0 Å². The van der Waals surface area contributed by atoms with Gasteiger partial charge in [-0.1, -0.05) is 12.1 Å². The number of hydrogen-bond donors (Lipinski definition) is 2. The number of nitrogens with zero attached hydrogens (tertiary/aromatic N) is 1. The van der Waals surface area contributed by atoms with Crippen LogP contribution in [0.1, 0.15) is 5.56 Å². The number of aliphatic hydroxyl groups excluding tert-OH is 1. The molecule has 0 spiro atoms. The van der Waals surface area contributed by atoms with Crippen LogP contribution in [0.25, 0.3) is 0 Å². The number of pyridine rings is 1. The van der Waals surface area contributed by atoms with E-state index < -0.39 is 0 Å². The molecule has 0 aliphatic heterocycles. The maximum Gasteiger partial charge on any atom is 0.139 e. The molecule has 2 rings (SSSR count). The van der Waals surface area contributed by atoms with Gasteiger partial charge in [-0.05, 0) is 17.7 Å². The molecule has 4 heteroatoms. The van der Waals surface area contributed by atoms with Gasteiger partial charge in [-0.25, -0.2) is 0 Å². The number of benzene rings is 1. The molecule has 0 atom stereocenters. The van der Waals surface area contributed by atoms with Crippen molar-refractivity contribution >= 4 is 11.4 Å². The van der Waals surface area contributed by atoms with Crippen molar-refractivity contribution < 1.29 is 9.84 Å². The smallest absolute Gasteiger partial charge is 0.139 e. The van der Waals surface area contributed by atoms with Crippen molar-refractivity contribution in [3.05, 3.63) is 48.3 Å². The SMILES string of the molecule is COc1cncc(Nc2ccc(CO)cc2)c1. The molecule has 0 aliphatic rings. The molecule has 0 unspecified atom stereocenters. The summed E-state index contributed by atoms with van der Waals surface area (Å²) in [6.07, 6.45) is 3.38. The highest BCUT2D eigenvalue weighted by Gasteiger charge is 1.98. The van der Waals surface area contributed by atoms with Crippen LogP contribution in [0.5, 0.6) is 5.75 Å². The molecule has 0 radical (unpaired) electrons. The molecule has 2 aromatic rings. The zero-order valence-corrected chi connectivity index (χ0v) is 9.55. The van der Waals surface area contributed by atoms with Gasteiger partial charge >= 0.3 is 0 Å². The number of methoxy groups -OCH3 is 1. The van der Waals surface area contributed by atoms with Crippen LogP contribution in [0.3, 0.4) is 0 Å². The van der Waals surface area contributed by atoms with Crippen molar-refractivity contribution in [2.75, 3.05) is 12.4 Å². The Hall–Kier alpha value is -2.07. The van der Waals surface area contributed by atoms with Gasteiger partial charge in [0.05, 0.1) is 31.8 Å². The van der Waals surface area contributed by atoms with Crippen LogP contribution in [0.4, 0.5) is 11.4 Å². The van der Waals surface area contributed by atoms with E-state index in [1.165, 1.54) is 0 Å². The minimum Gasteiger partial charge on any atom is -0.495 e. The number of rotatable bonds is 4. The number of anilines is 2. The largest absolute Gasteiger partial charge is 0.495 e. The summed E-state index contributed by atoms with van der Waals surface area (Å²) < 4.78 is 5.09. The van der Waals surface area contributed by atoms with Crippen LogP contribution < -0.4 is 10.1 Å². The summed E-state index contributed by atoms with van der Waals surface area (Å²) >= 11 is 0. The zero-order valence-electron chi connectivity index (χ0n) is 9.55. The second kappa shape index (κ2) is 5.32. The number of aliphatic hydroxyl groups is 1. The Labute approximate surface area is 99.9 Å². The molecule has 17 heavy (non-hydrogen) atoms. The molecule has 88 valence electrons. The summed E-state index contributed by atoms with van der Waals surface area (Å²) in [5.41, 5.74) is 2.69. The quantitative estimate of drug-likeness (QED) is 0.846. The molecule has 0 saturated carbocycles. The number of aromatic nitrogens is 1. The first kappa shape index (κ1) is 11.4. The maximum atomic E-state index is 8.94. The van der Waals surface area contributed by atoms with E-state index in [-0.39, 0.29) is 6.61 Å². The molecule has 0 bridgehead atoms. The Morgan fingerprint density at radius 1 is 1.18 bits per heavy atom. The lowest BCUT2D eigenvalue weighted by Gasteiger charge is -2.07. The summed E-state index contributed by atoms with van der Waals surface area (Å²) in [7, 11) is 1.61. The Morgan fingerprint density at radius 2 is 1.94 bits per heavy atom. The first-order valence-corrected chi connectivity index (χ1v) is 5.27. The normalized spacial score (nSPS) is 10.0. The van der Waals surface area contributed by atoms with E-state index in [0.29, 0.717) is 5.75 Å². The predicted octanol–water partition coefficient (Wildman–Crippen LogP) is 2.33. The topological polar surface area (TPSA) is 54.4 Å².